The van der Waals surface area contributed by atoms with Crippen LogP contribution in [-0.4, -0.2) is 53.0 Å². The standard InChI is InChI=1S/C22H21F3N4O2S/c1-32(30,31)29(11-15-6-19(24)8-20(25)7-15)21-12-28(13-21)22(17-9-26-14-27-10-17)16-2-4-18(23)5-3-16/h2-10,14,21-22H,11-13H2,1H3. The molecule has 0 saturated carbocycles. The summed E-state index contributed by atoms with van der Waals surface area (Å²) >= 11 is 0. The monoisotopic (exact) mass is 462 g/mol. The fraction of sp³-hybridized carbons (Fsp3) is 0.273. The molecule has 2 heterocycles. The van der Waals surface area contributed by atoms with E-state index in [0.717, 1.165) is 35.6 Å². The maximum absolute atomic E-state index is 13.6. The van der Waals surface area contributed by atoms with E-state index in [1.165, 1.54) is 22.8 Å². The molecule has 1 saturated heterocycles. The van der Waals surface area contributed by atoms with Crippen molar-refractivity contribution in [3.8, 4) is 0 Å². The number of nitrogens with zero attached hydrogens (tertiary/aromatic N) is 4. The Morgan fingerprint density at radius 1 is 0.969 bits per heavy atom. The molecule has 1 atom stereocenters. The third-order valence-corrected chi connectivity index (χ3v) is 6.71. The topological polar surface area (TPSA) is 66.4 Å². The van der Waals surface area contributed by atoms with E-state index in [4.69, 9.17) is 0 Å². The van der Waals surface area contributed by atoms with Crippen molar-refractivity contribution >= 4 is 10.0 Å². The number of likely N-dealkylation sites (tertiary alicyclic amines) is 1. The number of aromatic nitrogens is 2. The molecule has 3 aromatic rings. The Kier molecular flexibility index (Phi) is 6.27. The Morgan fingerprint density at radius 2 is 1.56 bits per heavy atom. The summed E-state index contributed by atoms with van der Waals surface area (Å²) in [6, 6.07) is 8.39. The third kappa shape index (κ3) is 4.98. The molecule has 1 unspecified atom stereocenters. The van der Waals surface area contributed by atoms with Crippen molar-refractivity contribution < 1.29 is 21.6 Å². The SMILES string of the molecule is CS(=O)(=O)N(Cc1cc(F)cc(F)c1)C1CN(C(c2ccc(F)cc2)c2cncnc2)C1. The van der Waals surface area contributed by atoms with Gasteiger partial charge in [-0.3, -0.25) is 4.90 Å². The molecule has 4 rings (SSSR count). The Hall–Kier alpha value is -2.82. The molecule has 0 radical (unpaired) electrons. The van der Waals surface area contributed by atoms with E-state index in [-0.39, 0.29) is 30.0 Å². The van der Waals surface area contributed by atoms with Gasteiger partial charge in [0.05, 0.1) is 18.3 Å². The van der Waals surface area contributed by atoms with E-state index in [1.54, 1.807) is 24.5 Å². The van der Waals surface area contributed by atoms with Crippen molar-refractivity contribution in [3.05, 3.63) is 95.3 Å². The molecule has 1 aliphatic heterocycles. The lowest BCUT2D eigenvalue weighted by molar-refractivity contribution is 0.0504. The highest BCUT2D eigenvalue weighted by molar-refractivity contribution is 7.88. The zero-order valence-corrected chi connectivity index (χ0v) is 18.0. The normalized spacial score (nSPS) is 16.2. The highest BCUT2D eigenvalue weighted by Crippen LogP contribution is 2.34. The van der Waals surface area contributed by atoms with Crippen molar-refractivity contribution in [2.45, 2.75) is 18.6 Å². The Labute approximate surface area is 184 Å². The van der Waals surface area contributed by atoms with Gasteiger partial charge in [0.25, 0.3) is 0 Å². The molecule has 1 aromatic heterocycles. The lowest BCUT2D eigenvalue weighted by Crippen LogP contribution is -2.61. The minimum absolute atomic E-state index is 0.137. The second-order valence-electron chi connectivity index (χ2n) is 7.82. The molecule has 0 amide bonds. The van der Waals surface area contributed by atoms with Crippen LogP contribution in [0.5, 0.6) is 0 Å². The first-order valence-corrected chi connectivity index (χ1v) is 11.7. The molecule has 10 heteroatoms. The van der Waals surface area contributed by atoms with Crippen LogP contribution < -0.4 is 0 Å². The average Bonchev–Trinajstić information content (AvgIpc) is 2.69. The summed E-state index contributed by atoms with van der Waals surface area (Å²) in [5, 5.41) is 0. The molecule has 2 aromatic carbocycles. The number of rotatable bonds is 7. The van der Waals surface area contributed by atoms with Crippen LogP contribution in [0.25, 0.3) is 0 Å². The third-order valence-electron chi connectivity index (χ3n) is 5.43. The molecule has 6 nitrogen and oxygen atoms in total. The largest absolute Gasteiger partial charge is 0.289 e. The molecular weight excluding hydrogens is 441 g/mol. The van der Waals surface area contributed by atoms with Crippen molar-refractivity contribution in [2.75, 3.05) is 19.3 Å². The average molecular weight is 462 g/mol. The van der Waals surface area contributed by atoms with E-state index in [9.17, 15) is 21.6 Å². The lowest BCUT2D eigenvalue weighted by atomic mass is 9.94. The van der Waals surface area contributed by atoms with Crippen molar-refractivity contribution in [1.29, 1.82) is 0 Å². The quantitative estimate of drug-likeness (QED) is 0.540. The van der Waals surface area contributed by atoms with Crippen LogP contribution in [0.15, 0.2) is 61.2 Å². The number of hydrogen-bond donors (Lipinski definition) is 0. The number of halogens is 3. The molecule has 0 bridgehead atoms. The zero-order valence-electron chi connectivity index (χ0n) is 17.2. The van der Waals surface area contributed by atoms with Gasteiger partial charge < -0.3 is 0 Å². The van der Waals surface area contributed by atoms with Gasteiger partial charge >= 0.3 is 0 Å². The molecule has 0 aliphatic carbocycles. The highest BCUT2D eigenvalue weighted by Gasteiger charge is 2.40. The Balaban J connectivity index is 1.57. The maximum atomic E-state index is 13.6. The first-order valence-electron chi connectivity index (χ1n) is 9.87. The van der Waals surface area contributed by atoms with Crippen molar-refractivity contribution in [3.63, 3.8) is 0 Å². The molecule has 0 N–H and O–H groups in total. The second kappa shape index (κ2) is 8.97. The zero-order chi connectivity index (χ0) is 22.9. The van der Waals surface area contributed by atoms with Crippen molar-refractivity contribution in [1.82, 2.24) is 19.2 Å². The molecule has 168 valence electrons. The van der Waals surface area contributed by atoms with Crippen LogP contribution in [0.4, 0.5) is 13.2 Å². The van der Waals surface area contributed by atoms with Gasteiger partial charge in [0.15, 0.2) is 0 Å². The number of hydrogen-bond acceptors (Lipinski definition) is 5. The molecule has 1 fully saturated rings. The van der Waals surface area contributed by atoms with E-state index < -0.39 is 21.7 Å². The molecular formula is C22H21F3N4O2S. The van der Waals surface area contributed by atoms with Gasteiger partial charge in [-0.25, -0.2) is 31.6 Å². The Morgan fingerprint density at radius 3 is 2.12 bits per heavy atom. The highest BCUT2D eigenvalue weighted by atomic mass is 32.2. The van der Waals surface area contributed by atoms with E-state index in [1.807, 2.05) is 4.90 Å². The summed E-state index contributed by atoms with van der Waals surface area (Å²) < 4.78 is 66.8. The van der Waals surface area contributed by atoms with Gasteiger partial charge in [0, 0.05) is 43.7 Å². The van der Waals surface area contributed by atoms with E-state index >= 15 is 0 Å². The van der Waals surface area contributed by atoms with Gasteiger partial charge in [0.2, 0.25) is 10.0 Å². The maximum Gasteiger partial charge on any atom is 0.211 e. The van der Waals surface area contributed by atoms with Crippen LogP contribution in [-0.2, 0) is 16.6 Å². The molecule has 0 spiro atoms. The number of benzene rings is 2. The van der Waals surface area contributed by atoms with Crippen LogP contribution in [0.1, 0.15) is 22.7 Å². The fourth-order valence-electron chi connectivity index (χ4n) is 3.99. The van der Waals surface area contributed by atoms with Gasteiger partial charge in [-0.15, -0.1) is 0 Å². The summed E-state index contributed by atoms with van der Waals surface area (Å²) in [6.07, 6.45) is 5.82. The van der Waals surface area contributed by atoms with Crippen LogP contribution in [0, 0.1) is 17.5 Å². The molecule has 1 aliphatic rings. The second-order valence-corrected chi connectivity index (χ2v) is 9.75. The van der Waals surface area contributed by atoms with Gasteiger partial charge in [-0.1, -0.05) is 12.1 Å². The van der Waals surface area contributed by atoms with Crippen LogP contribution >= 0.6 is 0 Å². The summed E-state index contributed by atoms with van der Waals surface area (Å²) in [7, 11) is -3.65. The summed E-state index contributed by atoms with van der Waals surface area (Å²) in [4.78, 5) is 10.2. The van der Waals surface area contributed by atoms with Gasteiger partial charge in [0.1, 0.15) is 23.8 Å². The first kappa shape index (κ1) is 22.4. The first-order chi connectivity index (χ1) is 15.2. The smallest absolute Gasteiger partial charge is 0.211 e. The lowest BCUT2D eigenvalue weighted by Gasteiger charge is -2.48. The predicted octanol–water partition coefficient (Wildman–Crippen LogP) is 3.13. The number of sulfonamides is 1. The van der Waals surface area contributed by atoms with Crippen molar-refractivity contribution in [2.24, 2.45) is 0 Å². The van der Waals surface area contributed by atoms with Gasteiger partial charge in [-0.2, -0.15) is 4.31 Å². The Bertz CT molecular complexity index is 1170. The minimum Gasteiger partial charge on any atom is -0.289 e. The fourth-order valence-corrected chi connectivity index (χ4v) is 5.05. The van der Waals surface area contributed by atoms with Crippen LogP contribution in [0.2, 0.25) is 0 Å². The van der Waals surface area contributed by atoms with Crippen LogP contribution in [0.3, 0.4) is 0 Å². The van der Waals surface area contributed by atoms with Gasteiger partial charge in [-0.05, 0) is 35.4 Å². The van der Waals surface area contributed by atoms with E-state index in [0.29, 0.717) is 13.1 Å². The summed E-state index contributed by atoms with van der Waals surface area (Å²) in [5.74, 6) is -1.88. The van der Waals surface area contributed by atoms with E-state index in [2.05, 4.69) is 9.97 Å². The predicted molar refractivity (Wildman–Crippen MR) is 112 cm³/mol. The molecule has 32 heavy (non-hydrogen) atoms. The summed E-state index contributed by atoms with van der Waals surface area (Å²) in [6.45, 7) is 0.616. The minimum atomic E-state index is -3.65. The summed E-state index contributed by atoms with van der Waals surface area (Å²) in [5.41, 5.74) is 1.84.